The topological polar surface area (TPSA) is 64.6 Å². The predicted molar refractivity (Wildman–Crippen MR) is 75.0 cm³/mol. The molecule has 1 aromatic rings. The molecule has 0 aromatic heterocycles. The number of halogens is 2. The van der Waals surface area contributed by atoms with Crippen molar-refractivity contribution >= 4 is 40.8 Å². The van der Waals surface area contributed by atoms with Crippen LogP contribution < -0.4 is 5.32 Å². The first-order valence-corrected chi connectivity index (χ1v) is 6.85. The van der Waals surface area contributed by atoms with E-state index in [4.69, 9.17) is 32.7 Å². The molecule has 0 saturated carbocycles. The van der Waals surface area contributed by atoms with Crippen molar-refractivity contribution in [1.29, 1.82) is 0 Å². The summed E-state index contributed by atoms with van der Waals surface area (Å²) in [4.78, 5) is 23.2. The number of hydrogen-bond donors (Lipinski definition) is 1. The summed E-state index contributed by atoms with van der Waals surface area (Å²) in [5.41, 5.74) is 0.484. The lowest BCUT2D eigenvalue weighted by Crippen LogP contribution is -2.27. The summed E-state index contributed by atoms with van der Waals surface area (Å²) >= 11 is 11.6. The molecule has 0 radical (unpaired) electrons. The molecule has 0 spiro atoms. The normalized spacial score (nSPS) is 17.8. The van der Waals surface area contributed by atoms with Crippen LogP contribution in [0.15, 0.2) is 18.2 Å². The van der Waals surface area contributed by atoms with Crippen LogP contribution >= 0.6 is 23.2 Å². The molecular formula is C13H13Cl2NO4. The van der Waals surface area contributed by atoms with Crippen LogP contribution in [0.25, 0.3) is 0 Å². The van der Waals surface area contributed by atoms with Gasteiger partial charge in [0.1, 0.15) is 0 Å². The van der Waals surface area contributed by atoms with E-state index in [-0.39, 0.29) is 6.61 Å². The minimum Gasteiger partial charge on any atom is -0.454 e. The van der Waals surface area contributed by atoms with Gasteiger partial charge in [0, 0.05) is 12.3 Å². The summed E-state index contributed by atoms with van der Waals surface area (Å²) in [6.07, 6.45) is 0.912. The van der Waals surface area contributed by atoms with Crippen LogP contribution in [0.3, 0.4) is 0 Å². The van der Waals surface area contributed by atoms with E-state index < -0.39 is 18.0 Å². The fraction of sp³-hybridized carbons (Fsp3) is 0.385. The fourth-order valence-corrected chi connectivity index (χ4v) is 2.06. The van der Waals surface area contributed by atoms with E-state index in [2.05, 4.69) is 5.32 Å². The van der Waals surface area contributed by atoms with Crippen molar-refractivity contribution in [2.75, 3.05) is 18.5 Å². The molecule has 1 heterocycles. The first-order chi connectivity index (χ1) is 9.56. The van der Waals surface area contributed by atoms with Crippen molar-refractivity contribution in [1.82, 2.24) is 0 Å². The van der Waals surface area contributed by atoms with Crippen molar-refractivity contribution in [3.63, 3.8) is 0 Å². The van der Waals surface area contributed by atoms with Crippen molar-refractivity contribution in [3.8, 4) is 0 Å². The Balaban J connectivity index is 1.80. The van der Waals surface area contributed by atoms with Crippen LogP contribution in [-0.4, -0.2) is 31.2 Å². The van der Waals surface area contributed by atoms with Gasteiger partial charge in [-0.2, -0.15) is 0 Å². The van der Waals surface area contributed by atoms with Gasteiger partial charge in [-0.15, -0.1) is 0 Å². The van der Waals surface area contributed by atoms with Crippen molar-refractivity contribution in [3.05, 3.63) is 28.2 Å². The number of amides is 1. The average Bonchev–Trinajstić information content (AvgIpc) is 2.94. The minimum absolute atomic E-state index is 0.334. The number of carbonyl (C=O) groups excluding carboxylic acids is 2. The molecule has 1 aliphatic heterocycles. The zero-order chi connectivity index (χ0) is 14.5. The van der Waals surface area contributed by atoms with E-state index in [1.807, 2.05) is 0 Å². The van der Waals surface area contributed by atoms with E-state index in [9.17, 15) is 9.59 Å². The number of nitrogens with one attached hydrogen (secondary N) is 1. The molecule has 5 nitrogen and oxygen atoms in total. The molecule has 0 bridgehead atoms. The molecule has 1 fully saturated rings. The van der Waals surface area contributed by atoms with Gasteiger partial charge in [0.25, 0.3) is 5.91 Å². The first kappa shape index (κ1) is 15.1. The largest absolute Gasteiger partial charge is 0.454 e. The second-order valence-corrected chi connectivity index (χ2v) is 5.10. The lowest BCUT2D eigenvalue weighted by molar-refractivity contribution is -0.156. The van der Waals surface area contributed by atoms with Gasteiger partial charge >= 0.3 is 5.97 Å². The smallest absolute Gasteiger partial charge is 0.335 e. The third-order valence-corrected chi connectivity index (χ3v) is 3.48. The van der Waals surface area contributed by atoms with Crippen LogP contribution in [0, 0.1) is 0 Å². The third-order valence-electron chi connectivity index (χ3n) is 2.74. The van der Waals surface area contributed by atoms with E-state index in [0.717, 1.165) is 6.42 Å². The summed E-state index contributed by atoms with van der Waals surface area (Å²) in [6.45, 7) is 0.189. The molecule has 1 saturated heterocycles. The molecule has 1 amide bonds. The molecule has 1 aromatic carbocycles. The molecule has 0 aliphatic carbocycles. The zero-order valence-electron chi connectivity index (χ0n) is 10.5. The Morgan fingerprint density at radius 3 is 2.80 bits per heavy atom. The number of anilines is 1. The van der Waals surface area contributed by atoms with Crippen LogP contribution in [0.4, 0.5) is 5.69 Å². The number of esters is 1. The molecule has 1 aliphatic rings. The van der Waals surface area contributed by atoms with Crippen molar-refractivity contribution < 1.29 is 19.1 Å². The highest BCUT2D eigenvalue weighted by molar-refractivity contribution is 6.42. The van der Waals surface area contributed by atoms with Gasteiger partial charge in [-0.25, -0.2) is 4.79 Å². The summed E-state index contributed by atoms with van der Waals surface area (Å²) < 4.78 is 10.0. The molecule has 1 atom stereocenters. The fourth-order valence-electron chi connectivity index (χ4n) is 1.76. The lowest BCUT2D eigenvalue weighted by atomic mass is 10.2. The summed E-state index contributed by atoms with van der Waals surface area (Å²) in [5.74, 6) is -0.957. The van der Waals surface area contributed by atoms with Crippen LogP contribution in [0.5, 0.6) is 0 Å². The summed E-state index contributed by atoms with van der Waals surface area (Å²) in [6, 6.07) is 4.69. The first-order valence-electron chi connectivity index (χ1n) is 6.09. The van der Waals surface area contributed by atoms with Gasteiger partial charge in [0.05, 0.1) is 10.0 Å². The molecule has 20 heavy (non-hydrogen) atoms. The Kier molecular flexibility index (Phi) is 5.23. The van der Waals surface area contributed by atoms with Gasteiger partial charge in [-0.3, -0.25) is 4.79 Å². The Morgan fingerprint density at radius 2 is 2.15 bits per heavy atom. The van der Waals surface area contributed by atoms with Gasteiger partial charge in [-0.05, 0) is 31.0 Å². The van der Waals surface area contributed by atoms with E-state index in [0.29, 0.717) is 28.8 Å². The lowest BCUT2D eigenvalue weighted by Gasteiger charge is -2.10. The Hall–Kier alpha value is -1.30. The Morgan fingerprint density at radius 1 is 1.35 bits per heavy atom. The number of carbonyl (C=O) groups is 2. The minimum atomic E-state index is -0.548. The van der Waals surface area contributed by atoms with E-state index in [1.54, 1.807) is 12.1 Å². The monoisotopic (exact) mass is 317 g/mol. The maximum Gasteiger partial charge on any atom is 0.335 e. The second kappa shape index (κ2) is 6.92. The SMILES string of the molecule is O=C(COC(=O)[C@H]1CCCO1)Nc1ccc(Cl)c(Cl)c1. The van der Waals surface area contributed by atoms with Crippen molar-refractivity contribution in [2.45, 2.75) is 18.9 Å². The number of rotatable bonds is 4. The van der Waals surface area contributed by atoms with Crippen molar-refractivity contribution in [2.24, 2.45) is 0 Å². The number of benzene rings is 1. The standard InChI is InChI=1S/C13H13Cl2NO4/c14-9-4-3-8(6-10(9)15)16-12(17)7-20-13(18)11-2-1-5-19-11/h3-4,6,11H,1-2,5,7H2,(H,16,17)/t11-/m1/s1. The quantitative estimate of drug-likeness (QED) is 0.867. The number of hydrogen-bond acceptors (Lipinski definition) is 4. The van der Waals surface area contributed by atoms with Gasteiger partial charge in [0.15, 0.2) is 12.7 Å². The maximum atomic E-state index is 11.6. The van der Waals surface area contributed by atoms with Crippen LogP contribution in [0.2, 0.25) is 10.0 Å². The van der Waals surface area contributed by atoms with Gasteiger partial charge in [-0.1, -0.05) is 23.2 Å². The second-order valence-electron chi connectivity index (χ2n) is 4.29. The Bertz CT molecular complexity index is 515. The summed E-state index contributed by atoms with van der Waals surface area (Å²) in [7, 11) is 0. The Labute approximate surface area is 126 Å². The highest BCUT2D eigenvalue weighted by Crippen LogP contribution is 2.24. The van der Waals surface area contributed by atoms with Crippen LogP contribution in [0.1, 0.15) is 12.8 Å². The van der Waals surface area contributed by atoms with Crippen LogP contribution in [-0.2, 0) is 19.1 Å². The predicted octanol–water partition coefficient (Wildman–Crippen LogP) is 2.65. The molecule has 1 N–H and O–H groups in total. The highest BCUT2D eigenvalue weighted by atomic mass is 35.5. The number of ether oxygens (including phenoxy) is 2. The molecule has 2 rings (SSSR count). The highest BCUT2D eigenvalue weighted by Gasteiger charge is 2.25. The maximum absolute atomic E-state index is 11.6. The molecule has 108 valence electrons. The third kappa shape index (κ3) is 4.10. The molecule has 0 unspecified atom stereocenters. The van der Waals surface area contributed by atoms with E-state index in [1.165, 1.54) is 6.07 Å². The molecule has 7 heteroatoms. The summed E-state index contributed by atoms with van der Waals surface area (Å²) in [5, 5.41) is 3.29. The van der Waals surface area contributed by atoms with Gasteiger partial charge in [0.2, 0.25) is 0 Å². The van der Waals surface area contributed by atoms with E-state index >= 15 is 0 Å². The van der Waals surface area contributed by atoms with Gasteiger partial charge < -0.3 is 14.8 Å². The molecular weight excluding hydrogens is 305 g/mol. The zero-order valence-corrected chi connectivity index (χ0v) is 12.0. The average molecular weight is 318 g/mol.